The molecule has 1 saturated heterocycles. The monoisotopic (exact) mass is 518 g/mol. The molecule has 0 unspecified atom stereocenters. The fourth-order valence-corrected chi connectivity index (χ4v) is 5.06. The Morgan fingerprint density at radius 3 is 2.63 bits per heavy atom. The van der Waals surface area contributed by atoms with Crippen LogP contribution in [0.25, 0.3) is 17.1 Å². The molecule has 3 N–H and O–H groups in total. The van der Waals surface area contributed by atoms with Crippen molar-refractivity contribution in [3.63, 3.8) is 0 Å². The second-order valence-electron chi connectivity index (χ2n) is 9.60. The van der Waals surface area contributed by atoms with Gasteiger partial charge in [0.1, 0.15) is 12.4 Å². The smallest absolute Gasteiger partial charge is 0.248 e. The Morgan fingerprint density at radius 1 is 0.947 bits per heavy atom. The Balaban J connectivity index is 1.17. The van der Waals surface area contributed by atoms with Crippen LogP contribution < -0.4 is 15.8 Å². The van der Waals surface area contributed by atoms with Crippen molar-refractivity contribution in [3.05, 3.63) is 65.2 Å². The van der Waals surface area contributed by atoms with Gasteiger partial charge >= 0.3 is 0 Å². The van der Waals surface area contributed by atoms with Crippen LogP contribution in [0.2, 0.25) is 0 Å². The SMILES string of the molecule is Nc1nc(Nc2ccc(OCCN3CCCC3)c(F)c2)nn1-c1cc2c(nn1)-c1cc(F)ccc1CCC2. The first kappa shape index (κ1) is 24.2. The number of nitrogens with zero attached hydrogens (tertiary/aromatic N) is 6. The number of benzene rings is 2. The third-order valence-corrected chi connectivity index (χ3v) is 6.98. The maximum Gasteiger partial charge on any atom is 0.248 e. The molecular weight excluding hydrogens is 490 g/mol. The van der Waals surface area contributed by atoms with Gasteiger partial charge in [0.2, 0.25) is 11.9 Å². The highest BCUT2D eigenvalue weighted by Crippen LogP contribution is 2.32. The topological polar surface area (TPSA) is 107 Å². The van der Waals surface area contributed by atoms with Crippen molar-refractivity contribution in [2.75, 3.05) is 37.3 Å². The summed E-state index contributed by atoms with van der Waals surface area (Å²) < 4.78 is 35.6. The van der Waals surface area contributed by atoms with Crippen LogP contribution in [0.5, 0.6) is 5.75 Å². The number of hydrogen-bond acceptors (Lipinski definition) is 8. The van der Waals surface area contributed by atoms with Gasteiger partial charge in [-0.25, -0.2) is 8.78 Å². The summed E-state index contributed by atoms with van der Waals surface area (Å²) in [5, 5.41) is 16.1. The van der Waals surface area contributed by atoms with Crippen LogP contribution in [0.1, 0.15) is 30.4 Å². The van der Waals surface area contributed by atoms with Crippen molar-refractivity contribution in [2.24, 2.45) is 0 Å². The number of halogens is 2. The van der Waals surface area contributed by atoms with Crippen LogP contribution in [0.3, 0.4) is 0 Å². The molecule has 1 fully saturated rings. The van der Waals surface area contributed by atoms with Crippen molar-refractivity contribution >= 4 is 17.6 Å². The normalized spacial score (nSPS) is 15.1. The summed E-state index contributed by atoms with van der Waals surface area (Å²) in [5.41, 5.74) is 9.99. The highest BCUT2D eigenvalue weighted by Gasteiger charge is 2.20. The van der Waals surface area contributed by atoms with Crippen LogP contribution >= 0.6 is 0 Å². The van der Waals surface area contributed by atoms with Gasteiger partial charge in [-0.15, -0.1) is 15.3 Å². The lowest BCUT2D eigenvalue weighted by Crippen LogP contribution is -2.25. The average Bonchev–Trinajstić information content (AvgIpc) is 3.51. The minimum atomic E-state index is -0.475. The number of nitrogen functional groups attached to an aromatic ring is 1. The van der Waals surface area contributed by atoms with Crippen LogP contribution in [0.15, 0.2) is 42.5 Å². The Labute approximate surface area is 218 Å². The van der Waals surface area contributed by atoms with E-state index in [-0.39, 0.29) is 23.5 Å². The maximum atomic E-state index is 14.6. The van der Waals surface area contributed by atoms with Gasteiger partial charge in [0, 0.05) is 23.9 Å². The van der Waals surface area contributed by atoms with E-state index in [9.17, 15) is 8.78 Å². The quantitative estimate of drug-likeness (QED) is 0.373. The Hall–Kier alpha value is -4.12. The fraction of sp³-hybridized carbons (Fsp3) is 0.333. The molecule has 3 heterocycles. The van der Waals surface area contributed by atoms with Crippen LogP contribution in [-0.2, 0) is 12.8 Å². The maximum absolute atomic E-state index is 14.6. The van der Waals surface area contributed by atoms with Gasteiger partial charge < -0.3 is 15.8 Å². The standard InChI is InChI=1S/C27H28F2N8O/c28-19-7-6-17-4-3-5-18-14-24(33-34-25(18)21(17)15-19)37-26(30)32-27(35-37)31-20-8-9-23(22(29)16-20)38-13-12-36-10-1-2-11-36/h6-9,14-16H,1-5,10-13H2,(H3,30,31,32,35). The summed E-state index contributed by atoms with van der Waals surface area (Å²) in [6.07, 6.45) is 4.91. The highest BCUT2D eigenvalue weighted by molar-refractivity contribution is 5.68. The van der Waals surface area contributed by atoms with E-state index < -0.39 is 5.82 Å². The van der Waals surface area contributed by atoms with Gasteiger partial charge in [0.05, 0.1) is 5.69 Å². The number of aromatic nitrogens is 5. The molecule has 38 heavy (non-hydrogen) atoms. The van der Waals surface area contributed by atoms with Crippen LogP contribution in [-0.4, -0.2) is 56.1 Å². The molecule has 0 bridgehead atoms. The molecule has 1 aliphatic heterocycles. The molecule has 2 aromatic heterocycles. The zero-order valence-electron chi connectivity index (χ0n) is 20.8. The van der Waals surface area contributed by atoms with Gasteiger partial charge in [-0.05, 0) is 86.7 Å². The first-order valence-corrected chi connectivity index (χ1v) is 12.8. The van der Waals surface area contributed by atoms with Crippen LogP contribution in [0, 0.1) is 11.6 Å². The van der Waals surface area contributed by atoms with E-state index in [1.54, 1.807) is 18.2 Å². The van der Waals surface area contributed by atoms with E-state index in [0.29, 0.717) is 23.8 Å². The van der Waals surface area contributed by atoms with Gasteiger partial charge in [-0.2, -0.15) is 9.67 Å². The number of nitrogens with two attached hydrogens (primary N) is 1. The van der Waals surface area contributed by atoms with Crippen molar-refractivity contribution < 1.29 is 13.5 Å². The molecule has 2 aliphatic rings. The molecule has 2 aromatic carbocycles. The summed E-state index contributed by atoms with van der Waals surface area (Å²) in [7, 11) is 0. The highest BCUT2D eigenvalue weighted by atomic mass is 19.1. The minimum Gasteiger partial charge on any atom is -0.489 e. The average molecular weight is 519 g/mol. The fourth-order valence-electron chi connectivity index (χ4n) is 5.06. The van der Waals surface area contributed by atoms with Crippen molar-refractivity contribution in [1.82, 2.24) is 29.9 Å². The number of rotatable bonds is 7. The summed E-state index contributed by atoms with van der Waals surface area (Å²) >= 11 is 0. The Bertz CT molecular complexity index is 1470. The molecule has 11 heteroatoms. The lowest BCUT2D eigenvalue weighted by molar-refractivity contribution is 0.231. The number of ether oxygens (including phenoxy) is 1. The molecule has 0 atom stereocenters. The van der Waals surface area contributed by atoms with E-state index >= 15 is 0 Å². The molecule has 0 radical (unpaired) electrons. The number of aryl methyl sites for hydroxylation is 2. The second-order valence-corrected chi connectivity index (χ2v) is 9.60. The minimum absolute atomic E-state index is 0.101. The lowest BCUT2D eigenvalue weighted by atomic mass is 10.0. The second kappa shape index (κ2) is 10.3. The molecule has 4 aromatic rings. The van der Waals surface area contributed by atoms with Crippen molar-refractivity contribution in [2.45, 2.75) is 32.1 Å². The van der Waals surface area contributed by atoms with E-state index in [4.69, 9.17) is 10.5 Å². The number of hydrogen-bond donors (Lipinski definition) is 2. The van der Waals surface area contributed by atoms with E-state index in [1.807, 2.05) is 6.07 Å². The third-order valence-electron chi connectivity index (χ3n) is 6.98. The summed E-state index contributed by atoms with van der Waals surface area (Å²) in [6, 6.07) is 11.2. The molecular formula is C27H28F2N8O. The molecule has 6 rings (SSSR count). The Morgan fingerprint density at radius 2 is 1.79 bits per heavy atom. The summed E-state index contributed by atoms with van der Waals surface area (Å²) in [4.78, 5) is 6.56. The van der Waals surface area contributed by atoms with Gasteiger partial charge in [-0.3, -0.25) is 4.90 Å². The lowest BCUT2D eigenvalue weighted by Gasteiger charge is -2.15. The third kappa shape index (κ3) is 5.01. The van der Waals surface area contributed by atoms with Crippen molar-refractivity contribution in [3.8, 4) is 22.8 Å². The van der Waals surface area contributed by atoms with Gasteiger partial charge in [0.25, 0.3) is 0 Å². The van der Waals surface area contributed by atoms with E-state index in [1.165, 1.54) is 35.7 Å². The summed E-state index contributed by atoms with van der Waals surface area (Å²) in [6.45, 7) is 3.37. The van der Waals surface area contributed by atoms with E-state index in [2.05, 4.69) is 30.5 Å². The van der Waals surface area contributed by atoms with Gasteiger partial charge in [0.15, 0.2) is 17.4 Å². The van der Waals surface area contributed by atoms with Gasteiger partial charge in [-0.1, -0.05) is 6.07 Å². The number of nitrogens with one attached hydrogen (secondary N) is 1. The molecule has 196 valence electrons. The number of likely N-dealkylation sites (tertiary alicyclic amines) is 1. The molecule has 0 spiro atoms. The number of anilines is 3. The molecule has 0 amide bonds. The predicted octanol–water partition coefficient (Wildman–Crippen LogP) is 4.29. The van der Waals surface area contributed by atoms with E-state index in [0.717, 1.165) is 55.6 Å². The number of fused-ring (bicyclic) bond motifs is 3. The zero-order valence-corrected chi connectivity index (χ0v) is 20.8. The van der Waals surface area contributed by atoms with Crippen LogP contribution in [0.4, 0.5) is 26.4 Å². The summed E-state index contributed by atoms with van der Waals surface area (Å²) in [5.74, 6) is 0.107. The Kier molecular flexibility index (Phi) is 6.59. The first-order valence-electron chi connectivity index (χ1n) is 12.8. The zero-order chi connectivity index (χ0) is 26.1. The largest absolute Gasteiger partial charge is 0.489 e. The molecule has 1 aliphatic carbocycles. The predicted molar refractivity (Wildman–Crippen MR) is 140 cm³/mol. The van der Waals surface area contributed by atoms with Crippen molar-refractivity contribution in [1.29, 1.82) is 0 Å². The molecule has 0 saturated carbocycles. The first-order chi connectivity index (χ1) is 18.5. The molecule has 9 nitrogen and oxygen atoms in total.